The van der Waals surface area contributed by atoms with Gasteiger partial charge in [-0.2, -0.15) is 0 Å². The van der Waals surface area contributed by atoms with Crippen LogP contribution in [0.5, 0.6) is 11.5 Å². The van der Waals surface area contributed by atoms with Gasteiger partial charge in [0.25, 0.3) is 5.91 Å². The van der Waals surface area contributed by atoms with Crippen LogP contribution in [-0.2, 0) is 24.4 Å². The fourth-order valence-electron chi connectivity index (χ4n) is 2.99. The summed E-state index contributed by atoms with van der Waals surface area (Å²) in [7, 11) is 0. The number of carbonyl (C=O) groups is 1. The summed E-state index contributed by atoms with van der Waals surface area (Å²) in [6.45, 7) is 4.39. The monoisotopic (exact) mass is 404 g/mol. The van der Waals surface area contributed by atoms with Crippen LogP contribution >= 0.6 is 0 Å². The second kappa shape index (κ2) is 11.6. The Morgan fingerprint density at radius 1 is 0.733 bits per heavy atom. The van der Waals surface area contributed by atoms with Crippen molar-refractivity contribution in [3.05, 3.63) is 95.6 Å². The van der Waals surface area contributed by atoms with Crippen LogP contribution in [0.1, 0.15) is 23.6 Å². The minimum atomic E-state index is -0.171. The topological polar surface area (TPSA) is 59.6 Å². The molecule has 0 aromatic heterocycles. The standard InChI is InChI=1S/C25H28N2O3/c1-2-29-24-15-22(17-26-16-20-9-5-3-6-10-20)13-14-23(24)30-19-25(28)27-18-21-11-7-4-8-12-21/h3-15,26H,2,16-19H2,1H3,(H,27,28). The molecule has 30 heavy (non-hydrogen) atoms. The summed E-state index contributed by atoms with van der Waals surface area (Å²) in [5.41, 5.74) is 3.38. The number of nitrogens with one attached hydrogen (secondary N) is 2. The van der Waals surface area contributed by atoms with Crippen LogP contribution in [0.3, 0.4) is 0 Å². The lowest BCUT2D eigenvalue weighted by molar-refractivity contribution is -0.123. The SMILES string of the molecule is CCOc1cc(CNCc2ccccc2)ccc1OCC(=O)NCc1ccccc1. The molecule has 0 heterocycles. The van der Waals surface area contributed by atoms with Crippen LogP contribution in [0.4, 0.5) is 0 Å². The van der Waals surface area contributed by atoms with Crippen molar-refractivity contribution < 1.29 is 14.3 Å². The van der Waals surface area contributed by atoms with Gasteiger partial charge < -0.3 is 20.1 Å². The van der Waals surface area contributed by atoms with E-state index >= 15 is 0 Å². The number of hydrogen-bond acceptors (Lipinski definition) is 4. The maximum absolute atomic E-state index is 12.1. The first kappa shape index (κ1) is 21.4. The second-order valence-corrected chi connectivity index (χ2v) is 6.85. The van der Waals surface area contributed by atoms with E-state index in [2.05, 4.69) is 22.8 Å². The predicted molar refractivity (Wildman–Crippen MR) is 118 cm³/mol. The van der Waals surface area contributed by atoms with Gasteiger partial charge in [-0.3, -0.25) is 4.79 Å². The zero-order valence-corrected chi connectivity index (χ0v) is 17.3. The molecule has 0 aliphatic heterocycles. The molecule has 0 saturated carbocycles. The Morgan fingerprint density at radius 3 is 2.03 bits per heavy atom. The zero-order chi connectivity index (χ0) is 21.0. The molecular weight excluding hydrogens is 376 g/mol. The van der Waals surface area contributed by atoms with Crippen molar-refractivity contribution in [3.63, 3.8) is 0 Å². The Hall–Kier alpha value is -3.31. The Morgan fingerprint density at radius 2 is 1.37 bits per heavy atom. The molecule has 1 amide bonds. The van der Waals surface area contributed by atoms with Gasteiger partial charge in [0.2, 0.25) is 0 Å². The van der Waals surface area contributed by atoms with Gasteiger partial charge in [0, 0.05) is 19.6 Å². The Balaban J connectivity index is 1.50. The lowest BCUT2D eigenvalue weighted by Crippen LogP contribution is -2.28. The average Bonchev–Trinajstić information content (AvgIpc) is 2.79. The lowest BCUT2D eigenvalue weighted by atomic mass is 10.2. The molecule has 0 aliphatic carbocycles. The highest BCUT2D eigenvalue weighted by Gasteiger charge is 2.09. The van der Waals surface area contributed by atoms with Gasteiger partial charge in [-0.15, -0.1) is 0 Å². The molecule has 3 aromatic carbocycles. The Labute approximate surface area is 178 Å². The van der Waals surface area contributed by atoms with Gasteiger partial charge in [0.05, 0.1) is 6.61 Å². The van der Waals surface area contributed by atoms with Gasteiger partial charge in [0.1, 0.15) is 0 Å². The van der Waals surface area contributed by atoms with Gasteiger partial charge in [-0.25, -0.2) is 0 Å². The highest BCUT2D eigenvalue weighted by Crippen LogP contribution is 2.28. The van der Waals surface area contributed by atoms with Crippen molar-refractivity contribution in [3.8, 4) is 11.5 Å². The molecule has 0 atom stereocenters. The maximum Gasteiger partial charge on any atom is 0.258 e. The summed E-state index contributed by atoms with van der Waals surface area (Å²) in [4.78, 5) is 12.1. The minimum absolute atomic E-state index is 0.0570. The number of rotatable bonds is 11. The van der Waals surface area contributed by atoms with E-state index in [-0.39, 0.29) is 12.5 Å². The van der Waals surface area contributed by atoms with Crippen molar-refractivity contribution in [2.75, 3.05) is 13.2 Å². The van der Waals surface area contributed by atoms with E-state index in [9.17, 15) is 4.79 Å². The van der Waals surface area contributed by atoms with Crippen LogP contribution in [0.15, 0.2) is 78.9 Å². The number of benzene rings is 3. The summed E-state index contributed by atoms with van der Waals surface area (Å²) in [5, 5.41) is 6.29. The predicted octanol–water partition coefficient (Wildman–Crippen LogP) is 4.07. The van der Waals surface area contributed by atoms with Crippen LogP contribution in [0.25, 0.3) is 0 Å². The third kappa shape index (κ3) is 6.94. The number of hydrogen-bond donors (Lipinski definition) is 2. The van der Waals surface area contributed by atoms with Crippen LogP contribution in [0.2, 0.25) is 0 Å². The molecule has 5 nitrogen and oxygen atoms in total. The number of carbonyl (C=O) groups excluding carboxylic acids is 1. The van der Waals surface area contributed by atoms with E-state index in [1.807, 2.05) is 73.7 Å². The fourth-order valence-corrected chi connectivity index (χ4v) is 2.99. The highest BCUT2D eigenvalue weighted by atomic mass is 16.5. The largest absolute Gasteiger partial charge is 0.490 e. The third-order valence-electron chi connectivity index (χ3n) is 4.50. The first-order chi connectivity index (χ1) is 14.7. The van der Waals surface area contributed by atoms with E-state index in [0.29, 0.717) is 31.2 Å². The molecule has 3 rings (SSSR count). The summed E-state index contributed by atoms with van der Waals surface area (Å²) in [5.74, 6) is 1.04. The van der Waals surface area contributed by atoms with Crippen molar-refractivity contribution in [1.29, 1.82) is 0 Å². The number of ether oxygens (including phenoxy) is 2. The van der Waals surface area contributed by atoms with E-state index < -0.39 is 0 Å². The van der Waals surface area contributed by atoms with E-state index in [0.717, 1.165) is 17.7 Å². The van der Waals surface area contributed by atoms with Crippen molar-refractivity contribution >= 4 is 5.91 Å². The Kier molecular flexibility index (Phi) is 8.30. The normalized spacial score (nSPS) is 10.4. The smallest absolute Gasteiger partial charge is 0.258 e. The molecule has 0 fully saturated rings. The molecule has 0 spiro atoms. The van der Waals surface area contributed by atoms with Crippen molar-refractivity contribution in [2.24, 2.45) is 0 Å². The molecule has 0 bridgehead atoms. The molecule has 156 valence electrons. The van der Waals surface area contributed by atoms with Crippen LogP contribution < -0.4 is 20.1 Å². The second-order valence-electron chi connectivity index (χ2n) is 6.85. The molecule has 3 aromatic rings. The summed E-state index contributed by atoms with van der Waals surface area (Å²) in [6.07, 6.45) is 0. The highest BCUT2D eigenvalue weighted by molar-refractivity contribution is 5.77. The van der Waals surface area contributed by atoms with Crippen molar-refractivity contribution in [2.45, 2.75) is 26.6 Å². The van der Waals surface area contributed by atoms with Gasteiger partial charge >= 0.3 is 0 Å². The van der Waals surface area contributed by atoms with Crippen LogP contribution in [0, 0.1) is 0 Å². The third-order valence-corrected chi connectivity index (χ3v) is 4.50. The van der Waals surface area contributed by atoms with Crippen LogP contribution in [-0.4, -0.2) is 19.1 Å². The maximum atomic E-state index is 12.1. The van der Waals surface area contributed by atoms with E-state index in [1.54, 1.807) is 0 Å². The Bertz CT molecular complexity index is 914. The first-order valence-corrected chi connectivity index (χ1v) is 10.2. The van der Waals surface area contributed by atoms with E-state index in [4.69, 9.17) is 9.47 Å². The number of amides is 1. The molecule has 0 unspecified atom stereocenters. The molecule has 0 aliphatic rings. The molecule has 2 N–H and O–H groups in total. The first-order valence-electron chi connectivity index (χ1n) is 10.2. The minimum Gasteiger partial charge on any atom is -0.490 e. The van der Waals surface area contributed by atoms with Gasteiger partial charge in [-0.05, 0) is 35.7 Å². The summed E-state index contributed by atoms with van der Waals surface area (Å²) < 4.78 is 11.4. The molecule has 0 saturated heterocycles. The summed E-state index contributed by atoms with van der Waals surface area (Å²) >= 11 is 0. The quantitative estimate of drug-likeness (QED) is 0.506. The molecular formula is C25H28N2O3. The lowest BCUT2D eigenvalue weighted by Gasteiger charge is -2.14. The van der Waals surface area contributed by atoms with Crippen molar-refractivity contribution in [1.82, 2.24) is 10.6 Å². The van der Waals surface area contributed by atoms with E-state index in [1.165, 1.54) is 5.56 Å². The molecule has 0 radical (unpaired) electrons. The fraction of sp³-hybridized carbons (Fsp3) is 0.240. The van der Waals surface area contributed by atoms with Gasteiger partial charge in [0.15, 0.2) is 18.1 Å². The zero-order valence-electron chi connectivity index (χ0n) is 17.3. The van der Waals surface area contributed by atoms with Gasteiger partial charge in [-0.1, -0.05) is 66.7 Å². The molecule has 5 heteroatoms. The summed E-state index contributed by atoms with van der Waals surface area (Å²) in [6, 6.07) is 25.9. The average molecular weight is 405 g/mol.